The van der Waals surface area contributed by atoms with E-state index in [0.29, 0.717) is 18.6 Å². The van der Waals surface area contributed by atoms with Gasteiger partial charge in [-0.2, -0.15) is 0 Å². The van der Waals surface area contributed by atoms with Gasteiger partial charge >= 0.3 is 0 Å². The van der Waals surface area contributed by atoms with Crippen molar-refractivity contribution in [2.45, 2.75) is 156 Å². The topological polar surface area (TPSA) is 92.3 Å². The first-order valence-corrected chi connectivity index (χ1v) is 18.2. The van der Waals surface area contributed by atoms with Crippen LogP contribution in [0.5, 0.6) is 0 Å². The zero-order valence-electron chi connectivity index (χ0n) is 27.8. The molecule has 0 radical (unpaired) electrons. The highest BCUT2D eigenvalue weighted by atomic mass is 16.2. The number of rotatable bonds is 15. The molecule has 2 N–H and O–H groups in total. The molecular formula is C37H62N2O4. The minimum atomic E-state index is -0.278. The number of carbonyl (C=O) groups excluding carboxylic acids is 4. The average molecular weight is 599 g/mol. The van der Waals surface area contributed by atoms with E-state index in [4.69, 9.17) is 0 Å². The van der Waals surface area contributed by atoms with E-state index < -0.39 is 0 Å². The van der Waals surface area contributed by atoms with Crippen molar-refractivity contribution in [2.24, 2.45) is 40.4 Å². The smallest absolute Gasteiger partial charge is 0.223 e. The van der Waals surface area contributed by atoms with Crippen LogP contribution in [-0.4, -0.2) is 36.5 Å². The Kier molecular flexibility index (Phi) is 12.7. The molecule has 2 amide bonds. The van der Waals surface area contributed by atoms with Gasteiger partial charge in [0.2, 0.25) is 11.8 Å². The van der Waals surface area contributed by atoms with Gasteiger partial charge in [0.15, 0.2) is 0 Å². The molecule has 2 heterocycles. The second kappa shape index (κ2) is 16.0. The van der Waals surface area contributed by atoms with E-state index in [-0.39, 0.29) is 40.3 Å². The van der Waals surface area contributed by atoms with Crippen LogP contribution in [0.1, 0.15) is 156 Å². The van der Waals surface area contributed by atoms with Gasteiger partial charge in [-0.3, -0.25) is 19.2 Å². The van der Waals surface area contributed by atoms with Crippen LogP contribution in [-0.2, 0) is 19.2 Å². The summed E-state index contributed by atoms with van der Waals surface area (Å²) in [5.41, 5.74) is -0.299. The number of carbonyl (C=O) groups is 4. The first kappa shape index (κ1) is 34.2. The van der Waals surface area contributed by atoms with Gasteiger partial charge in [0.25, 0.3) is 0 Å². The van der Waals surface area contributed by atoms with Gasteiger partial charge in [-0.25, -0.2) is 0 Å². The summed E-state index contributed by atoms with van der Waals surface area (Å²) < 4.78 is 0. The minimum absolute atomic E-state index is 0.0214. The number of ketones is 2. The molecule has 4 aliphatic carbocycles. The van der Waals surface area contributed by atoms with Crippen molar-refractivity contribution in [3.63, 3.8) is 0 Å². The van der Waals surface area contributed by atoms with Crippen molar-refractivity contribution in [3.05, 3.63) is 0 Å². The Balaban J connectivity index is 0.000000198. The van der Waals surface area contributed by atoms with E-state index in [2.05, 4.69) is 31.4 Å². The molecule has 6 rings (SSSR count). The largest absolute Gasteiger partial charge is 0.356 e. The summed E-state index contributed by atoms with van der Waals surface area (Å²) >= 11 is 0. The minimum Gasteiger partial charge on any atom is -0.356 e. The second-order valence-corrected chi connectivity index (χ2v) is 15.8. The summed E-state index contributed by atoms with van der Waals surface area (Å²) in [6.07, 6.45) is 23.6. The van der Waals surface area contributed by atoms with Crippen LogP contribution >= 0.6 is 0 Å². The molecule has 6 heteroatoms. The fourth-order valence-corrected chi connectivity index (χ4v) is 9.29. The lowest BCUT2D eigenvalue weighted by atomic mass is 9.48. The number of unbranched alkanes of at least 4 members (excludes halogenated alkanes) is 7. The molecule has 2 atom stereocenters. The maximum absolute atomic E-state index is 12.9. The van der Waals surface area contributed by atoms with Gasteiger partial charge < -0.3 is 10.6 Å². The Morgan fingerprint density at radius 1 is 0.721 bits per heavy atom. The fraction of sp³-hybridized carbons (Fsp3) is 0.892. The number of piperidine rings is 2. The highest BCUT2D eigenvalue weighted by Crippen LogP contribution is 2.60. The molecule has 0 aromatic rings. The van der Waals surface area contributed by atoms with Crippen LogP contribution in [0.3, 0.4) is 0 Å². The summed E-state index contributed by atoms with van der Waals surface area (Å²) in [6, 6.07) is 0. The number of hydrogen-bond acceptors (Lipinski definition) is 4. The predicted molar refractivity (Wildman–Crippen MR) is 172 cm³/mol. The molecule has 6 fully saturated rings. The van der Waals surface area contributed by atoms with E-state index in [1.54, 1.807) is 0 Å². The van der Waals surface area contributed by atoms with Crippen LogP contribution in [0.25, 0.3) is 0 Å². The molecule has 2 unspecified atom stereocenters. The zero-order chi connectivity index (χ0) is 30.9. The van der Waals surface area contributed by atoms with Crippen molar-refractivity contribution < 1.29 is 19.2 Å². The first-order chi connectivity index (χ1) is 20.6. The van der Waals surface area contributed by atoms with Gasteiger partial charge in [-0.05, 0) is 88.4 Å². The average Bonchev–Trinajstić information content (AvgIpc) is 2.96. The highest BCUT2D eigenvalue weighted by molar-refractivity contribution is 5.91. The van der Waals surface area contributed by atoms with Crippen LogP contribution in [0.4, 0.5) is 0 Å². The predicted octanol–water partition coefficient (Wildman–Crippen LogP) is 7.72. The third kappa shape index (κ3) is 9.63. The quantitative estimate of drug-likeness (QED) is 0.189. The van der Waals surface area contributed by atoms with E-state index >= 15 is 0 Å². The van der Waals surface area contributed by atoms with Crippen LogP contribution < -0.4 is 10.6 Å². The summed E-state index contributed by atoms with van der Waals surface area (Å²) in [6.45, 7) is 7.91. The summed E-state index contributed by atoms with van der Waals surface area (Å²) in [5, 5.41) is 5.80. The first-order valence-electron chi connectivity index (χ1n) is 18.2. The van der Waals surface area contributed by atoms with Crippen molar-refractivity contribution in [1.29, 1.82) is 0 Å². The lowest BCUT2D eigenvalue weighted by Gasteiger charge is -2.56. The number of hydrogen-bond donors (Lipinski definition) is 2. The van der Waals surface area contributed by atoms with E-state index in [1.807, 2.05) is 0 Å². The highest BCUT2D eigenvalue weighted by Gasteiger charge is 2.54. The van der Waals surface area contributed by atoms with Gasteiger partial charge in [-0.1, -0.05) is 72.1 Å². The molecule has 2 saturated heterocycles. The van der Waals surface area contributed by atoms with Gasteiger partial charge in [0.1, 0.15) is 11.6 Å². The maximum atomic E-state index is 12.9. The molecule has 43 heavy (non-hydrogen) atoms. The number of Topliss-reactive ketones (excluding diaryl/α,β-unsaturated/α-hetero) is 2. The van der Waals surface area contributed by atoms with E-state index in [9.17, 15) is 19.2 Å². The monoisotopic (exact) mass is 598 g/mol. The maximum Gasteiger partial charge on any atom is 0.223 e. The summed E-state index contributed by atoms with van der Waals surface area (Å²) in [4.78, 5) is 49.2. The summed E-state index contributed by atoms with van der Waals surface area (Å²) in [7, 11) is 0. The standard InChI is InChI=1S/C20H37NO2.C17H25NO2/c1-4-5-6-7-8-9-10-11-14-20(2,3)18(22)16-17-13-12-15-21-19(17)23;19-15(7-14-2-1-3-18-16(14)20)17-8-11-4-12(9-17)6-13(5-11)10-17/h17H,4-16H2,1-3H3,(H,21,23);11-14H,1-10H2,(H,18,20). The normalized spacial score (nSPS) is 31.6. The molecule has 4 bridgehead atoms. The molecule has 6 nitrogen and oxygen atoms in total. The van der Waals surface area contributed by atoms with Crippen LogP contribution in [0.15, 0.2) is 0 Å². The lowest BCUT2D eigenvalue weighted by Crippen LogP contribution is -2.51. The Hall–Kier alpha value is -1.72. The SMILES string of the molecule is CCCCCCCCCCC(C)(C)C(=O)CC1CCCNC1=O.O=C1NCCCC1CC(=O)C12CC3CC(CC(C3)C1)C2. The van der Waals surface area contributed by atoms with Gasteiger partial charge in [0.05, 0.1) is 0 Å². The van der Waals surface area contributed by atoms with Gasteiger partial charge in [-0.15, -0.1) is 0 Å². The molecule has 244 valence electrons. The molecule has 6 aliphatic rings. The molecule has 0 aromatic heterocycles. The Morgan fingerprint density at radius 2 is 1.19 bits per heavy atom. The molecule has 0 spiro atoms. The van der Waals surface area contributed by atoms with E-state index in [0.717, 1.165) is 88.6 Å². The number of nitrogens with one attached hydrogen (secondary N) is 2. The van der Waals surface area contributed by atoms with Gasteiger partial charge in [0, 0.05) is 48.6 Å². The van der Waals surface area contributed by atoms with Crippen LogP contribution in [0, 0.1) is 40.4 Å². The molecule has 4 saturated carbocycles. The third-order valence-corrected chi connectivity index (χ3v) is 11.7. The number of amides is 2. The van der Waals surface area contributed by atoms with Crippen LogP contribution in [0.2, 0.25) is 0 Å². The Morgan fingerprint density at radius 3 is 1.67 bits per heavy atom. The van der Waals surface area contributed by atoms with Crippen molar-refractivity contribution in [3.8, 4) is 0 Å². The van der Waals surface area contributed by atoms with Crippen molar-refractivity contribution in [1.82, 2.24) is 10.6 Å². The Labute approximate surface area is 262 Å². The fourth-order valence-electron chi connectivity index (χ4n) is 9.29. The zero-order valence-corrected chi connectivity index (χ0v) is 27.8. The molecular weight excluding hydrogens is 536 g/mol. The molecule has 2 aliphatic heterocycles. The second-order valence-electron chi connectivity index (χ2n) is 15.8. The molecule has 0 aromatic carbocycles. The van der Waals surface area contributed by atoms with Crippen molar-refractivity contribution >= 4 is 23.4 Å². The third-order valence-electron chi connectivity index (χ3n) is 11.7. The summed E-state index contributed by atoms with van der Waals surface area (Å²) in [5.74, 6) is 3.20. The van der Waals surface area contributed by atoms with Crippen molar-refractivity contribution in [2.75, 3.05) is 13.1 Å². The Bertz CT molecular complexity index is 921. The lowest BCUT2D eigenvalue weighted by molar-refractivity contribution is -0.147. The van der Waals surface area contributed by atoms with E-state index in [1.165, 1.54) is 64.2 Å².